The van der Waals surface area contributed by atoms with E-state index in [1.54, 1.807) is 16.7 Å². The number of halogens is 1. The lowest BCUT2D eigenvalue weighted by atomic mass is 9.87. The Balaban J connectivity index is 1.14. The van der Waals surface area contributed by atoms with Gasteiger partial charge in [0.25, 0.3) is 17.5 Å². The average Bonchev–Trinajstić information content (AvgIpc) is 3.43. The molecule has 1 unspecified atom stereocenters. The van der Waals surface area contributed by atoms with Crippen LogP contribution in [0.15, 0.2) is 30.3 Å². The second-order valence-corrected chi connectivity index (χ2v) is 11.0. The SMILES string of the molecule is Cc1c(C(=O)N2CCC(c3ccc4c(c3)CN(C3CCC(=O)NC3=O)C4=O)CC2)[nH]c2cc([N+](=O)[O-])c(Cl)cc12. The van der Waals surface area contributed by atoms with Gasteiger partial charge >= 0.3 is 0 Å². The first-order valence-electron chi connectivity index (χ1n) is 13.2. The summed E-state index contributed by atoms with van der Waals surface area (Å²) in [5.74, 6) is -0.895. The van der Waals surface area contributed by atoms with E-state index in [-0.39, 0.29) is 40.8 Å². The fourth-order valence-corrected chi connectivity index (χ4v) is 6.35. The molecule has 2 N–H and O–H groups in total. The lowest BCUT2D eigenvalue weighted by molar-refractivity contribution is -0.384. The maximum absolute atomic E-state index is 13.4. The van der Waals surface area contributed by atoms with Crippen LogP contribution in [-0.4, -0.2) is 62.5 Å². The molecular weight excluding hydrogens is 538 g/mol. The van der Waals surface area contributed by atoms with E-state index in [9.17, 15) is 29.3 Å². The predicted octanol–water partition coefficient (Wildman–Crippen LogP) is 3.82. The Morgan fingerprint density at radius 1 is 1.10 bits per heavy atom. The van der Waals surface area contributed by atoms with Gasteiger partial charge in [0.2, 0.25) is 11.8 Å². The van der Waals surface area contributed by atoms with Crippen LogP contribution in [0, 0.1) is 17.0 Å². The molecule has 3 aliphatic rings. The number of piperidine rings is 2. The topological polar surface area (TPSA) is 146 Å². The molecule has 0 saturated carbocycles. The van der Waals surface area contributed by atoms with E-state index < -0.39 is 16.9 Å². The Morgan fingerprint density at radius 3 is 2.55 bits per heavy atom. The second kappa shape index (κ2) is 9.74. The third kappa shape index (κ3) is 4.30. The summed E-state index contributed by atoms with van der Waals surface area (Å²) in [6.45, 7) is 3.20. The zero-order valence-electron chi connectivity index (χ0n) is 21.7. The lowest BCUT2D eigenvalue weighted by Crippen LogP contribution is -2.52. The molecule has 1 aromatic heterocycles. The van der Waals surface area contributed by atoms with Gasteiger partial charge in [0.15, 0.2) is 0 Å². The lowest BCUT2D eigenvalue weighted by Gasteiger charge is -2.32. The molecule has 4 heterocycles. The van der Waals surface area contributed by atoms with Crippen LogP contribution in [-0.2, 0) is 16.1 Å². The number of likely N-dealkylation sites (tertiary alicyclic amines) is 1. The number of hydrogen-bond donors (Lipinski definition) is 2. The number of H-pyrrole nitrogens is 1. The van der Waals surface area contributed by atoms with Crippen LogP contribution in [0.1, 0.15) is 69.1 Å². The summed E-state index contributed by atoms with van der Waals surface area (Å²) in [5.41, 5.74) is 3.91. The van der Waals surface area contributed by atoms with Crippen LogP contribution in [0.4, 0.5) is 5.69 Å². The monoisotopic (exact) mass is 563 g/mol. The number of benzene rings is 2. The number of nitro groups is 1. The van der Waals surface area contributed by atoms with Crippen molar-refractivity contribution in [2.75, 3.05) is 13.1 Å². The molecule has 0 aliphatic carbocycles. The zero-order chi connectivity index (χ0) is 28.3. The van der Waals surface area contributed by atoms with Gasteiger partial charge in [-0.25, -0.2) is 0 Å². The van der Waals surface area contributed by atoms with Gasteiger partial charge in [-0.3, -0.25) is 34.6 Å². The summed E-state index contributed by atoms with van der Waals surface area (Å²) in [6.07, 6.45) is 2.02. The molecule has 0 bridgehead atoms. The number of imide groups is 1. The maximum atomic E-state index is 13.4. The first kappa shape index (κ1) is 26.0. The zero-order valence-corrected chi connectivity index (χ0v) is 22.4. The third-order valence-electron chi connectivity index (χ3n) is 8.34. The molecule has 3 aliphatic heterocycles. The number of aryl methyl sites for hydroxylation is 1. The van der Waals surface area contributed by atoms with Gasteiger partial charge in [0.05, 0.1) is 10.4 Å². The van der Waals surface area contributed by atoms with Gasteiger partial charge in [-0.15, -0.1) is 0 Å². The molecule has 2 saturated heterocycles. The minimum Gasteiger partial charge on any atom is -0.350 e. The van der Waals surface area contributed by atoms with Crippen LogP contribution in [0.25, 0.3) is 10.9 Å². The van der Waals surface area contributed by atoms with Gasteiger partial charge in [-0.2, -0.15) is 0 Å². The maximum Gasteiger partial charge on any atom is 0.289 e. The summed E-state index contributed by atoms with van der Waals surface area (Å²) in [4.78, 5) is 67.3. The summed E-state index contributed by atoms with van der Waals surface area (Å²) in [5, 5.41) is 14.3. The quantitative estimate of drug-likeness (QED) is 0.280. The Kier molecular flexibility index (Phi) is 6.33. The molecule has 206 valence electrons. The van der Waals surface area contributed by atoms with Crippen LogP contribution in [0.2, 0.25) is 5.02 Å². The first-order chi connectivity index (χ1) is 19.1. The highest BCUT2D eigenvalue weighted by Crippen LogP contribution is 2.36. The number of carbonyl (C=O) groups is 4. The Morgan fingerprint density at radius 2 is 1.85 bits per heavy atom. The molecule has 3 aromatic rings. The molecule has 1 atom stereocenters. The highest BCUT2D eigenvalue weighted by atomic mass is 35.5. The normalized spacial score (nSPS) is 19.8. The second-order valence-electron chi connectivity index (χ2n) is 10.6. The van der Waals surface area contributed by atoms with Gasteiger partial charge in [0, 0.05) is 43.1 Å². The molecule has 6 rings (SSSR count). The van der Waals surface area contributed by atoms with Crippen molar-refractivity contribution in [3.8, 4) is 0 Å². The molecular formula is C28H26ClN5O6. The number of hydrogen-bond acceptors (Lipinski definition) is 6. The molecule has 40 heavy (non-hydrogen) atoms. The van der Waals surface area contributed by atoms with Crippen LogP contribution in [0.5, 0.6) is 0 Å². The number of fused-ring (bicyclic) bond motifs is 2. The van der Waals surface area contributed by atoms with E-state index in [4.69, 9.17) is 11.6 Å². The minimum absolute atomic E-state index is 0.0238. The van der Waals surface area contributed by atoms with E-state index in [1.165, 1.54) is 12.1 Å². The van der Waals surface area contributed by atoms with Crippen LogP contribution >= 0.6 is 11.6 Å². The highest BCUT2D eigenvalue weighted by Gasteiger charge is 2.39. The van der Waals surface area contributed by atoms with Gasteiger partial charge in [-0.05, 0) is 60.9 Å². The van der Waals surface area contributed by atoms with Crippen LogP contribution in [0.3, 0.4) is 0 Å². The molecule has 11 nitrogen and oxygen atoms in total. The van der Waals surface area contributed by atoms with Crippen LogP contribution < -0.4 is 5.32 Å². The summed E-state index contributed by atoms with van der Waals surface area (Å²) >= 11 is 6.08. The van der Waals surface area contributed by atoms with Crippen molar-refractivity contribution in [2.45, 2.75) is 51.1 Å². The first-order valence-corrected chi connectivity index (χ1v) is 13.5. The molecule has 2 aromatic carbocycles. The number of nitro benzene ring substituents is 1. The summed E-state index contributed by atoms with van der Waals surface area (Å²) < 4.78 is 0. The number of aromatic amines is 1. The summed E-state index contributed by atoms with van der Waals surface area (Å²) in [7, 11) is 0. The van der Waals surface area contributed by atoms with E-state index in [0.29, 0.717) is 53.8 Å². The fourth-order valence-electron chi connectivity index (χ4n) is 6.11. The van der Waals surface area contributed by atoms with Crippen molar-refractivity contribution in [1.82, 2.24) is 20.1 Å². The van der Waals surface area contributed by atoms with Gasteiger partial charge in [-0.1, -0.05) is 23.7 Å². The minimum atomic E-state index is -0.648. The largest absolute Gasteiger partial charge is 0.350 e. The number of rotatable bonds is 4. The number of amides is 4. The molecule has 12 heteroatoms. The number of aromatic nitrogens is 1. The van der Waals surface area contributed by atoms with Crippen molar-refractivity contribution in [1.29, 1.82) is 0 Å². The number of nitrogens with one attached hydrogen (secondary N) is 2. The third-order valence-corrected chi connectivity index (χ3v) is 8.64. The van der Waals surface area contributed by atoms with Gasteiger partial charge < -0.3 is 14.8 Å². The fraction of sp³-hybridized carbons (Fsp3) is 0.357. The van der Waals surface area contributed by atoms with E-state index in [1.807, 2.05) is 18.2 Å². The Bertz CT molecular complexity index is 1620. The van der Waals surface area contributed by atoms with E-state index in [0.717, 1.165) is 24.0 Å². The van der Waals surface area contributed by atoms with Crippen molar-refractivity contribution in [3.05, 3.63) is 73.4 Å². The van der Waals surface area contributed by atoms with E-state index in [2.05, 4.69) is 10.3 Å². The van der Waals surface area contributed by atoms with E-state index >= 15 is 0 Å². The van der Waals surface area contributed by atoms with Crippen molar-refractivity contribution in [2.24, 2.45) is 0 Å². The smallest absolute Gasteiger partial charge is 0.289 e. The molecule has 0 radical (unpaired) electrons. The molecule has 4 amide bonds. The molecule has 2 fully saturated rings. The van der Waals surface area contributed by atoms with Gasteiger partial charge in [0.1, 0.15) is 16.8 Å². The van der Waals surface area contributed by atoms with Crippen molar-refractivity contribution in [3.63, 3.8) is 0 Å². The van der Waals surface area contributed by atoms with Crippen molar-refractivity contribution >= 4 is 51.8 Å². The highest BCUT2D eigenvalue weighted by molar-refractivity contribution is 6.33. The number of nitrogens with zero attached hydrogens (tertiary/aromatic N) is 3. The Labute approximate surface area is 233 Å². The number of carbonyl (C=O) groups excluding carboxylic acids is 4. The van der Waals surface area contributed by atoms with Crippen molar-refractivity contribution < 1.29 is 24.1 Å². The standard InChI is InChI=1S/C28H26ClN5O6/c1-14-19-11-20(29)23(34(39)40)12-21(19)30-25(14)28(38)32-8-6-15(7-9-32)16-2-3-18-17(10-16)13-33(27(18)37)22-4-5-24(35)31-26(22)36/h2-3,10-12,15,22,30H,4-9,13H2,1H3,(H,31,35,36). The molecule has 0 spiro atoms. The predicted molar refractivity (Wildman–Crippen MR) is 145 cm³/mol. The summed E-state index contributed by atoms with van der Waals surface area (Å²) in [6, 6.07) is 8.02. The average molecular weight is 564 g/mol. The Hall–Kier alpha value is -4.25.